The summed E-state index contributed by atoms with van der Waals surface area (Å²) in [6.45, 7) is 11.5. The van der Waals surface area contributed by atoms with Crippen molar-refractivity contribution in [1.29, 1.82) is 0 Å². The molecule has 3 aromatic rings. The van der Waals surface area contributed by atoms with Crippen LogP contribution in [-0.2, 0) is 25.0 Å². The van der Waals surface area contributed by atoms with E-state index in [2.05, 4.69) is 73.1 Å². The maximum absolute atomic E-state index is 4.79. The first-order valence-corrected chi connectivity index (χ1v) is 10.8. The largest absolute Gasteiger partial charge is 0.357 e. The Bertz CT molecular complexity index is 921. The highest BCUT2D eigenvalue weighted by molar-refractivity contribution is 7.09. The number of thiazole rings is 1. The van der Waals surface area contributed by atoms with E-state index >= 15 is 0 Å². The molecule has 0 atom stereocenters. The molecule has 1 aromatic carbocycles. The number of benzene rings is 1. The predicted molar refractivity (Wildman–Crippen MR) is 120 cm³/mol. The average Bonchev–Trinajstić information content (AvgIpc) is 3.36. The van der Waals surface area contributed by atoms with E-state index in [0.29, 0.717) is 13.1 Å². The predicted octanol–water partition coefficient (Wildman–Crippen LogP) is 3.94. The lowest BCUT2D eigenvalue weighted by atomic mass is 9.93. The van der Waals surface area contributed by atoms with Crippen molar-refractivity contribution in [1.82, 2.24) is 25.4 Å². The summed E-state index contributed by atoms with van der Waals surface area (Å²) in [4.78, 5) is 9.54. The van der Waals surface area contributed by atoms with E-state index in [1.54, 1.807) is 17.5 Å². The van der Waals surface area contributed by atoms with Crippen LogP contribution >= 0.6 is 11.3 Å². The zero-order chi connectivity index (χ0) is 20.7. The third kappa shape index (κ3) is 6.15. The molecule has 0 aliphatic heterocycles. The zero-order valence-corrected chi connectivity index (χ0v) is 18.5. The number of hydrogen-bond acceptors (Lipinski definition) is 4. The fourth-order valence-corrected chi connectivity index (χ4v) is 3.80. The van der Waals surface area contributed by atoms with E-state index in [4.69, 9.17) is 9.98 Å². The van der Waals surface area contributed by atoms with Crippen molar-refractivity contribution in [2.45, 2.75) is 52.7 Å². The van der Waals surface area contributed by atoms with Gasteiger partial charge in [0.25, 0.3) is 0 Å². The summed E-state index contributed by atoms with van der Waals surface area (Å²) in [5.41, 5.74) is 3.63. The second kappa shape index (κ2) is 9.69. The maximum Gasteiger partial charge on any atom is 0.191 e. The number of hydrogen-bond donors (Lipinski definition) is 2. The van der Waals surface area contributed by atoms with Crippen molar-refractivity contribution >= 4 is 17.3 Å². The Balaban J connectivity index is 1.66. The van der Waals surface area contributed by atoms with Crippen LogP contribution in [0.5, 0.6) is 0 Å². The summed E-state index contributed by atoms with van der Waals surface area (Å²) in [6, 6.07) is 10.3. The van der Waals surface area contributed by atoms with Crippen LogP contribution in [0.15, 0.2) is 53.1 Å². The molecule has 0 fully saturated rings. The normalized spacial score (nSPS) is 12.2. The molecule has 3 rings (SSSR count). The summed E-state index contributed by atoms with van der Waals surface area (Å²) in [5.74, 6) is 0.800. The Morgan fingerprint density at radius 2 is 1.93 bits per heavy atom. The molecule has 7 heteroatoms. The molecule has 154 valence electrons. The Kier molecular flexibility index (Phi) is 7.04. The van der Waals surface area contributed by atoms with E-state index in [-0.39, 0.29) is 5.41 Å². The lowest BCUT2D eigenvalue weighted by Gasteiger charge is -2.14. The molecule has 29 heavy (non-hydrogen) atoms. The topological polar surface area (TPSA) is 67.1 Å². The van der Waals surface area contributed by atoms with Gasteiger partial charge in [0.1, 0.15) is 5.01 Å². The molecule has 0 aliphatic carbocycles. The van der Waals surface area contributed by atoms with Crippen LogP contribution in [0.2, 0.25) is 0 Å². The molecule has 0 spiro atoms. The average molecular weight is 411 g/mol. The number of nitrogens with one attached hydrogen (secondary N) is 2. The van der Waals surface area contributed by atoms with Gasteiger partial charge < -0.3 is 10.6 Å². The summed E-state index contributed by atoms with van der Waals surface area (Å²) in [6.07, 6.45) is 3.78. The molecule has 0 saturated heterocycles. The summed E-state index contributed by atoms with van der Waals surface area (Å²) >= 11 is 1.69. The molecule has 0 bridgehead atoms. The zero-order valence-electron chi connectivity index (χ0n) is 17.6. The highest BCUT2D eigenvalue weighted by atomic mass is 32.1. The standard InChI is InChI=1S/C22H30N6S/c1-5-23-21(25-14-20-27-19(16-29-20)22(2,3)4)24-13-17-9-6-7-10-18(17)15-28-12-8-11-26-28/h6-12,16H,5,13-15H2,1-4H3,(H2,23,24,25). The molecule has 0 aliphatic rings. The Hall–Kier alpha value is -2.67. The second-order valence-corrected chi connectivity index (χ2v) is 8.84. The molecule has 0 radical (unpaired) electrons. The molecule has 2 heterocycles. The Morgan fingerprint density at radius 1 is 1.14 bits per heavy atom. The molecular formula is C22H30N6S. The van der Waals surface area contributed by atoms with Crippen LogP contribution in [-0.4, -0.2) is 27.3 Å². The molecule has 0 unspecified atom stereocenters. The van der Waals surface area contributed by atoms with Crippen LogP contribution in [0.4, 0.5) is 0 Å². The van der Waals surface area contributed by atoms with Gasteiger partial charge in [0.2, 0.25) is 0 Å². The summed E-state index contributed by atoms with van der Waals surface area (Å²) < 4.78 is 1.93. The number of guanidine groups is 1. The van der Waals surface area contributed by atoms with Gasteiger partial charge in [-0.25, -0.2) is 9.98 Å². The fraction of sp³-hybridized carbons (Fsp3) is 0.409. The Labute approximate surface area is 177 Å². The minimum absolute atomic E-state index is 0.0750. The number of rotatable bonds is 7. The van der Waals surface area contributed by atoms with Gasteiger partial charge in [-0.1, -0.05) is 45.0 Å². The van der Waals surface area contributed by atoms with Crippen molar-refractivity contribution in [2.24, 2.45) is 4.99 Å². The third-order valence-corrected chi connectivity index (χ3v) is 5.34. The first-order chi connectivity index (χ1) is 14.0. The molecule has 6 nitrogen and oxygen atoms in total. The third-order valence-electron chi connectivity index (χ3n) is 4.49. The van der Waals surface area contributed by atoms with Crippen molar-refractivity contribution in [3.8, 4) is 0 Å². The number of aromatic nitrogens is 3. The molecule has 0 amide bonds. The van der Waals surface area contributed by atoms with Crippen LogP contribution in [0, 0.1) is 0 Å². The minimum Gasteiger partial charge on any atom is -0.357 e. The highest BCUT2D eigenvalue weighted by Crippen LogP contribution is 2.23. The number of nitrogens with zero attached hydrogens (tertiary/aromatic N) is 4. The van der Waals surface area contributed by atoms with Gasteiger partial charge in [0.05, 0.1) is 25.3 Å². The monoisotopic (exact) mass is 410 g/mol. The second-order valence-electron chi connectivity index (χ2n) is 7.90. The first-order valence-electron chi connectivity index (χ1n) is 9.97. The van der Waals surface area contributed by atoms with Crippen molar-refractivity contribution in [3.05, 3.63) is 69.9 Å². The lowest BCUT2D eigenvalue weighted by molar-refractivity contribution is 0.570. The van der Waals surface area contributed by atoms with Gasteiger partial charge >= 0.3 is 0 Å². The van der Waals surface area contributed by atoms with E-state index in [1.807, 2.05) is 16.9 Å². The maximum atomic E-state index is 4.79. The molecule has 2 N–H and O–H groups in total. The van der Waals surface area contributed by atoms with Gasteiger partial charge in [-0.05, 0) is 24.1 Å². The lowest BCUT2D eigenvalue weighted by Crippen LogP contribution is -2.36. The highest BCUT2D eigenvalue weighted by Gasteiger charge is 2.17. The smallest absolute Gasteiger partial charge is 0.191 e. The fourth-order valence-electron chi connectivity index (χ4n) is 2.84. The van der Waals surface area contributed by atoms with E-state index in [1.165, 1.54) is 11.1 Å². The molecule has 0 saturated carbocycles. The van der Waals surface area contributed by atoms with E-state index in [0.717, 1.165) is 29.8 Å². The summed E-state index contributed by atoms with van der Waals surface area (Å²) in [7, 11) is 0. The quantitative estimate of drug-likeness (QED) is 0.457. The van der Waals surface area contributed by atoms with Gasteiger partial charge in [-0.3, -0.25) is 4.68 Å². The van der Waals surface area contributed by atoms with Gasteiger partial charge in [-0.15, -0.1) is 11.3 Å². The van der Waals surface area contributed by atoms with Gasteiger partial charge in [-0.2, -0.15) is 5.10 Å². The first kappa shape index (κ1) is 21.0. The summed E-state index contributed by atoms with van der Waals surface area (Å²) in [5, 5.41) is 14.3. The molecule has 2 aromatic heterocycles. The SMILES string of the molecule is CCNC(=NCc1ccccc1Cn1cccn1)NCc1nc(C(C)(C)C)cs1. The van der Waals surface area contributed by atoms with Crippen LogP contribution in [0.1, 0.15) is 49.5 Å². The Morgan fingerprint density at radius 3 is 2.59 bits per heavy atom. The molecular weight excluding hydrogens is 380 g/mol. The van der Waals surface area contributed by atoms with Crippen molar-refractivity contribution < 1.29 is 0 Å². The van der Waals surface area contributed by atoms with Gasteiger partial charge in [0.15, 0.2) is 5.96 Å². The van der Waals surface area contributed by atoms with Crippen molar-refractivity contribution in [2.75, 3.05) is 6.54 Å². The van der Waals surface area contributed by atoms with Crippen LogP contribution < -0.4 is 10.6 Å². The van der Waals surface area contributed by atoms with Gasteiger partial charge in [0, 0.05) is 29.7 Å². The minimum atomic E-state index is 0.0750. The van der Waals surface area contributed by atoms with E-state index in [9.17, 15) is 0 Å². The number of aliphatic imine (C=N–C) groups is 1. The van der Waals surface area contributed by atoms with Crippen LogP contribution in [0.25, 0.3) is 0 Å². The van der Waals surface area contributed by atoms with Crippen LogP contribution in [0.3, 0.4) is 0 Å². The van der Waals surface area contributed by atoms with E-state index < -0.39 is 0 Å². The van der Waals surface area contributed by atoms with Crippen molar-refractivity contribution in [3.63, 3.8) is 0 Å².